The number of nitrogens with zero attached hydrogens (tertiary/aromatic N) is 2. The Hall–Kier alpha value is -8.14. The Balaban J connectivity index is 1.09. The van der Waals surface area contributed by atoms with Crippen molar-refractivity contribution < 1.29 is 4.42 Å². The van der Waals surface area contributed by atoms with Gasteiger partial charge in [-0.2, -0.15) is 0 Å². The van der Waals surface area contributed by atoms with E-state index in [-0.39, 0.29) is 0 Å². The van der Waals surface area contributed by atoms with Crippen LogP contribution in [0, 0.1) is 0 Å². The lowest BCUT2D eigenvalue weighted by molar-refractivity contribution is 0.445. The van der Waals surface area contributed by atoms with Crippen LogP contribution >= 0.6 is 0 Å². The van der Waals surface area contributed by atoms with Crippen molar-refractivity contribution in [2.75, 3.05) is 4.90 Å². The summed E-state index contributed by atoms with van der Waals surface area (Å²) in [6.07, 6.45) is 6.38. The lowest BCUT2D eigenvalue weighted by atomic mass is 9.80. The fraction of sp³-hybridized carbons (Fsp3) is 0.0938. The minimum Gasteiger partial charge on any atom is -0.455 e. The largest absolute Gasteiger partial charge is 0.455 e. The molecule has 0 unspecified atom stereocenters. The number of hydrogen-bond donors (Lipinski definition) is 0. The topological polar surface area (TPSA) is 21.3 Å². The number of para-hydroxylation sites is 7. The van der Waals surface area contributed by atoms with Crippen molar-refractivity contribution >= 4 is 71.6 Å². The monoisotopic (exact) mass is 860 g/mol. The Kier molecular flexibility index (Phi) is 9.60. The van der Waals surface area contributed by atoms with Crippen LogP contribution in [-0.4, -0.2) is 4.57 Å². The van der Waals surface area contributed by atoms with E-state index in [2.05, 4.69) is 234 Å². The summed E-state index contributed by atoms with van der Waals surface area (Å²) in [5.74, 6) is 0.550. The second-order valence-corrected chi connectivity index (χ2v) is 18.2. The Bertz CT molecular complexity index is 3810. The molecule has 0 radical (unpaired) electrons. The smallest absolute Gasteiger partial charge is 0.143 e. The van der Waals surface area contributed by atoms with Crippen LogP contribution in [0.25, 0.3) is 93.6 Å². The molecule has 1 fully saturated rings. The molecule has 0 aliphatic heterocycles. The van der Waals surface area contributed by atoms with Gasteiger partial charge in [0, 0.05) is 49.5 Å². The fourth-order valence-corrected chi connectivity index (χ4v) is 11.4. The van der Waals surface area contributed by atoms with Crippen molar-refractivity contribution in [2.24, 2.45) is 0 Å². The molecule has 0 atom stereocenters. The maximum atomic E-state index is 6.78. The predicted molar refractivity (Wildman–Crippen MR) is 282 cm³/mol. The summed E-state index contributed by atoms with van der Waals surface area (Å²) < 4.78 is 9.20. The molecule has 10 aromatic carbocycles. The van der Waals surface area contributed by atoms with E-state index in [0.29, 0.717) is 5.92 Å². The van der Waals surface area contributed by atoms with Crippen LogP contribution in [0.1, 0.15) is 43.6 Å². The Morgan fingerprint density at radius 3 is 1.76 bits per heavy atom. The van der Waals surface area contributed by atoms with Gasteiger partial charge in [0.05, 0.1) is 28.1 Å². The van der Waals surface area contributed by atoms with Gasteiger partial charge in [0.25, 0.3) is 0 Å². The average Bonchev–Trinajstić information content (AvgIpc) is 3.95. The predicted octanol–water partition coefficient (Wildman–Crippen LogP) is 18.4. The third-order valence-corrected chi connectivity index (χ3v) is 14.4. The third kappa shape index (κ3) is 6.56. The summed E-state index contributed by atoms with van der Waals surface area (Å²) in [6, 6.07) is 82.3. The number of anilines is 3. The van der Waals surface area contributed by atoms with Gasteiger partial charge in [-0.05, 0) is 94.8 Å². The van der Waals surface area contributed by atoms with Gasteiger partial charge < -0.3 is 13.9 Å². The molecule has 12 aromatic rings. The van der Waals surface area contributed by atoms with Crippen molar-refractivity contribution in [1.82, 2.24) is 4.57 Å². The molecule has 0 bridgehead atoms. The number of rotatable bonds is 8. The highest BCUT2D eigenvalue weighted by molar-refractivity contribution is 6.13. The van der Waals surface area contributed by atoms with Crippen molar-refractivity contribution in [3.8, 4) is 39.1 Å². The summed E-state index contributed by atoms with van der Waals surface area (Å²) in [5, 5.41) is 7.38. The second kappa shape index (κ2) is 16.4. The molecule has 13 rings (SSSR count). The first kappa shape index (κ1) is 39.2. The van der Waals surface area contributed by atoms with Gasteiger partial charge in [0.15, 0.2) is 0 Å². The first-order valence-corrected chi connectivity index (χ1v) is 23.9. The highest BCUT2D eigenvalue weighted by Crippen LogP contribution is 2.51. The van der Waals surface area contributed by atoms with Crippen LogP contribution in [0.15, 0.2) is 229 Å². The van der Waals surface area contributed by atoms with Gasteiger partial charge in [-0.25, -0.2) is 0 Å². The molecule has 3 nitrogen and oxygen atoms in total. The zero-order valence-corrected chi connectivity index (χ0v) is 37.3. The van der Waals surface area contributed by atoms with Crippen molar-refractivity contribution in [2.45, 2.75) is 38.0 Å². The van der Waals surface area contributed by atoms with Crippen LogP contribution in [-0.2, 0) is 0 Å². The van der Waals surface area contributed by atoms with E-state index in [1.165, 1.54) is 81.4 Å². The maximum Gasteiger partial charge on any atom is 0.143 e. The molecule has 2 aromatic heterocycles. The second-order valence-electron chi connectivity index (χ2n) is 18.2. The van der Waals surface area contributed by atoms with Gasteiger partial charge in [-0.3, -0.25) is 0 Å². The van der Waals surface area contributed by atoms with Gasteiger partial charge in [0.1, 0.15) is 11.2 Å². The van der Waals surface area contributed by atoms with Crippen LogP contribution in [0.3, 0.4) is 0 Å². The number of hydrogen-bond acceptors (Lipinski definition) is 2. The van der Waals surface area contributed by atoms with Crippen LogP contribution in [0.4, 0.5) is 17.1 Å². The molecular formula is C64H48N2O. The molecule has 2 heterocycles. The Morgan fingerprint density at radius 1 is 0.403 bits per heavy atom. The normalized spacial score (nSPS) is 13.3. The zero-order chi connectivity index (χ0) is 44.3. The Labute approximate surface area is 390 Å². The Morgan fingerprint density at radius 2 is 0.970 bits per heavy atom. The van der Waals surface area contributed by atoms with E-state index in [9.17, 15) is 0 Å². The van der Waals surface area contributed by atoms with Gasteiger partial charge in [0.2, 0.25) is 0 Å². The lowest BCUT2D eigenvalue weighted by Crippen LogP contribution is -2.14. The molecule has 1 aliphatic rings. The molecule has 320 valence electrons. The lowest BCUT2D eigenvalue weighted by Gasteiger charge is -2.32. The van der Waals surface area contributed by atoms with Crippen molar-refractivity contribution in [3.63, 3.8) is 0 Å². The highest BCUT2D eigenvalue weighted by atomic mass is 16.3. The summed E-state index contributed by atoms with van der Waals surface area (Å²) in [7, 11) is 0. The number of furan rings is 1. The summed E-state index contributed by atoms with van der Waals surface area (Å²) in [5.41, 5.74) is 17.0. The van der Waals surface area contributed by atoms with Crippen LogP contribution in [0.5, 0.6) is 0 Å². The van der Waals surface area contributed by atoms with Gasteiger partial charge in [-0.15, -0.1) is 0 Å². The SMILES string of the molecule is c1ccc(-n2c3ccccc3c3ccc(-c4ccccc4N(c4ccccc4-c4cccc5c4oc4ccccc45)c4ccccc4-c4cccc5cccc(C6CCCCC6)c45)cc32)cc1. The first-order valence-electron chi connectivity index (χ1n) is 23.9. The van der Waals surface area contributed by atoms with Crippen LogP contribution in [0.2, 0.25) is 0 Å². The zero-order valence-electron chi connectivity index (χ0n) is 37.3. The summed E-state index contributed by atoms with van der Waals surface area (Å²) in [6.45, 7) is 0. The van der Waals surface area contributed by atoms with E-state index in [4.69, 9.17) is 4.42 Å². The fourth-order valence-electron chi connectivity index (χ4n) is 11.4. The van der Waals surface area contributed by atoms with Gasteiger partial charge >= 0.3 is 0 Å². The third-order valence-electron chi connectivity index (χ3n) is 14.4. The number of benzene rings is 10. The minimum atomic E-state index is 0.550. The van der Waals surface area contributed by atoms with Crippen LogP contribution < -0.4 is 4.90 Å². The van der Waals surface area contributed by atoms with E-state index >= 15 is 0 Å². The molecule has 0 N–H and O–H groups in total. The van der Waals surface area contributed by atoms with E-state index < -0.39 is 0 Å². The molecule has 1 aliphatic carbocycles. The average molecular weight is 861 g/mol. The molecule has 67 heavy (non-hydrogen) atoms. The molecule has 3 heteroatoms. The molecular weight excluding hydrogens is 813 g/mol. The standard InChI is InChI=1S/C64H48N2O/c1-3-20-43(21-4-1)48-31-17-22-44-23-18-32-54(63(44)48)50-28-9-14-37-59(50)66(60-38-15-10-29-51(60)55-33-19-34-56-53-30-11-16-39-62(53)67-64(55)56)57-35-12-7-26-47(57)45-40-41-52-49-27-8-13-36-58(49)65(61(52)42-45)46-24-5-2-6-25-46/h2,5-19,22-43H,1,3-4,20-21H2. The quantitative estimate of drug-likeness (QED) is 0.152. The maximum absolute atomic E-state index is 6.78. The summed E-state index contributed by atoms with van der Waals surface area (Å²) >= 11 is 0. The molecule has 0 saturated heterocycles. The molecule has 1 saturated carbocycles. The highest BCUT2D eigenvalue weighted by Gasteiger charge is 2.27. The van der Waals surface area contributed by atoms with Crippen molar-refractivity contribution in [3.05, 3.63) is 230 Å². The molecule has 0 spiro atoms. The minimum absolute atomic E-state index is 0.550. The number of aromatic nitrogens is 1. The summed E-state index contributed by atoms with van der Waals surface area (Å²) in [4.78, 5) is 2.53. The number of fused-ring (bicyclic) bond motifs is 7. The molecule has 0 amide bonds. The van der Waals surface area contributed by atoms with Gasteiger partial charge in [-0.1, -0.05) is 195 Å². The van der Waals surface area contributed by atoms with Crippen molar-refractivity contribution in [1.29, 1.82) is 0 Å². The van der Waals surface area contributed by atoms with E-state index in [0.717, 1.165) is 66.9 Å². The van der Waals surface area contributed by atoms with E-state index in [1.807, 2.05) is 0 Å². The van der Waals surface area contributed by atoms with E-state index in [1.54, 1.807) is 0 Å². The first-order chi connectivity index (χ1) is 33.3.